The van der Waals surface area contributed by atoms with Crippen LogP contribution in [0.15, 0.2) is 26.7 Å². The highest BCUT2D eigenvalue weighted by Crippen LogP contribution is 2.30. The Morgan fingerprint density at radius 1 is 1.06 bits per heavy atom. The molecule has 0 aliphatic carbocycles. The number of hydrogen-bond donors (Lipinski definition) is 1. The van der Waals surface area contributed by atoms with Gasteiger partial charge < -0.3 is 5.32 Å². The lowest BCUT2D eigenvalue weighted by Crippen LogP contribution is -2.38. The monoisotopic (exact) mass is 481 g/mol. The number of halogens is 3. The second kappa shape index (κ2) is 8.65. The normalized spacial score (nSPS) is 12.8. The molecular formula is C21H22F3N5O3S. The number of nitrogens with zero attached hydrogens (tertiary/aromatic N) is 4. The summed E-state index contributed by atoms with van der Waals surface area (Å²) in [5.74, 6) is -4.98. The molecule has 0 saturated heterocycles. The second-order valence-corrected chi connectivity index (χ2v) is 9.81. The van der Waals surface area contributed by atoms with E-state index in [0.717, 1.165) is 22.4 Å². The first-order chi connectivity index (χ1) is 15.2. The van der Waals surface area contributed by atoms with Gasteiger partial charge in [0, 0.05) is 19.5 Å². The van der Waals surface area contributed by atoms with E-state index in [4.69, 9.17) is 0 Å². The summed E-state index contributed by atoms with van der Waals surface area (Å²) < 4.78 is 42.7. The maximum atomic E-state index is 14.0. The molecule has 0 saturated carbocycles. The molecule has 0 spiro atoms. The number of rotatable bonds is 4. The topological polar surface area (TPSA) is 98.9 Å². The Kier molecular flexibility index (Phi) is 6.42. The molecule has 33 heavy (non-hydrogen) atoms. The summed E-state index contributed by atoms with van der Waals surface area (Å²) in [6, 6.07) is 1.61. The SMILES string of the molecule is C[C@H](Sc1nc(C(C)(C)C)nc2c1c(=O)n(C)c(=O)n2C)C(=O)Nc1ccc(F)c(F)c1F. The van der Waals surface area contributed by atoms with Gasteiger partial charge in [0.1, 0.15) is 16.2 Å². The summed E-state index contributed by atoms with van der Waals surface area (Å²) in [7, 11) is 2.79. The summed E-state index contributed by atoms with van der Waals surface area (Å²) >= 11 is 0.899. The predicted molar refractivity (Wildman–Crippen MR) is 119 cm³/mol. The molecule has 1 aromatic carbocycles. The van der Waals surface area contributed by atoms with Gasteiger partial charge in [0.2, 0.25) is 5.91 Å². The van der Waals surface area contributed by atoms with Gasteiger partial charge >= 0.3 is 5.69 Å². The molecular weight excluding hydrogens is 459 g/mol. The van der Waals surface area contributed by atoms with Crippen LogP contribution in [-0.4, -0.2) is 30.3 Å². The Bertz CT molecular complexity index is 1400. The van der Waals surface area contributed by atoms with Gasteiger partial charge in [-0.2, -0.15) is 0 Å². The molecule has 3 rings (SSSR count). The molecule has 1 amide bonds. The summed E-state index contributed by atoms with van der Waals surface area (Å²) in [5, 5.41) is 1.50. The molecule has 176 valence electrons. The molecule has 3 aromatic rings. The van der Waals surface area contributed by atoms with Crippen molar-refractivity contribution in [1.29, 1.82) is 0 Å². The number of aryl methyl sites for hydroxylation is 1. The highest BCUT2D eigenvalue weighted by atomic mass is 32.2. The van der Waals surface area contributed by atoms with Crippen LogP contribution in [0.25, 0.3) is 11.0 Å². The average Bonchev–Trinajstić information content (AvgIpc) is 2.75. The van der Waals surface area contributed by atoms with Crippen molar-refractivity contribution < 1.29 is 18.0 Å². The van der Waals surface area contributed by atoms with Crippen molar-refractivity contribution in [1.82, 2.24) is 19.1 Å². The Morgan fingerprint density at radius 3 is 2.30 bits per heavy atom. The fourth-order valence-electron chi connectivity index (χ4n) is 2.93. The van der Waals surface area contributed by atoms with Crippen LogP contribution in [0.2, 0.25) is 0 Å². The van der Waals surface area contributed by atoms with Crippen LogP contribution >= 0.6 is 11.8 Å². The molecule has 2 aromatic heterocycles. The number of fused-ring (bicyclic) bond motifs is 1. The van der Waals surface area contributed by atoms with E-state index in [-0.39, 0.29) is 16.1 Å². The molecule has 8 nitrogen and oxygen atoms in total. The van der Waals surface area contributed by atoms with E-state index in [1.54, 1.807) is 0 Å². The van der Waals surface area contributed by atoms with E-state index in [0.29, 0.717) is 11.9 Å². The Balaban J connectivity index is 2.07. The minimum atomic E-state index is -1.70. The fraction of sp³-hybridized carbons (Fsp3) is 0.381. The van der Waals surface area contributed by atoms with Crippen LogP contribution in [-0.2, 0) is 24.3 Å². The molecule has 12 heteroatoms. The van der Waals surface area contributed by atoms with Crippen molar-refractivity contribution in [2.75, 3.05) is 5.32 Å². The average molecular weight is 482 g/mol. The van der Waals surface area contributed by atoms with E-state index < -0.39 is 51.0 Å². The second-order valence-electron chi connectivity index (χ2n) is 8.48. The standard InChI is InChI=1S/C21H22F3N5O3S/c1-9(16(30)25-11-8-7-10(22)13(23)14(11)24)33-17-12-15(26-19(27-17)21(2,3)4)28(5)20(32)29(6)18(12)31/h7-9H,1-6H3,(H,25,30)/t9-/m0/s1. The lowest BCUT2D eigenvalue weighted by molar-refractivity contribution is -0.115. The zero-order chi connectivity index (χ0) is 24.8. The number of thioether (sulfide) groups is 1. The number of anilines is 1. The number of aromatic nitrogens is 4. The summed E-state index contributed by atoms with van der Waals surface area (Å²) in [6.07, 6.45) is 0. The van der Waals surface area contributed by atoms with E-state index in [1.165, 1.54) is 25.6 Å². The zero-order valence-corrected chi connectivity index (χ0v) is 19.6. The van der Waals surface area contributed by atoms with Crippen LogP contribution in [0.3, 0.4) is 0 Å². The number of benzene rings is 1. The van der Waals surface area contributed by atoms with Crippen LogP contribution in [0.5, 0.6) is 0 Å². The Hall–Kier alpha value is -3.15. The summed E-state index contributed by atoms with van der Waals surface area (Å²) in [4.78, 5) is 46.8. The smallest absolute Gasteiger partial charge is 0.323 e. The van der Waals surface area contributed by atoms with Gasteiger partial charge in [0.15, 0.2) is 23.1 Å². The minimum absolute atomic E-state index is 0.0521. The third kappa shape index (κ3) is 4.52. The van der Waals surface area contributed by atoms with Gasteiger partial charge in [-0.25, -0.2) is 27.9 Å². The molecule has 1 atom stereocenters. The Labute approximate surface area is 190 Å². The van der Waals surface area contributed by atoms with Crippen molar-refractivity contribution in [3.05, 3.63) is 56.2 Å². The van der Waals surface area contributed by atoms with Crippen molar-refractivity contribution in [3.63, 3.8) is 0 Å². The van der Waals surface area contributed by atoms with E-state index >= 15 is 0 Å². The Morgan fingerprint density at radius 2 is 1.70 bits per heavy atom. The molecule has 0 aliphatic heterocycles. The van der Waals surface area contributed by atoms with Crippen molar-refractivity contribution in [2.45, 2.75) is 43.4 Å². The number of hydrogen-bond acceptors (Lipinski definition) is 6. The molecule has 0 fully saturated rings. The minimum Gasteiger partial charge on any atom is -0.323 e. The lowest BCUT2D eigenvalue weighted by atomic mass is 9.96. The van der Waals surface area contributed by atoms with Gasteiger partial charge in [0.05, 0.1) is 10.9 Å². The fourth-order valence-corrected chi connectivity index (χ4v) is 3.86. The zero-order valence-electron chi connectivity index (χ0n) is 18.8. The maximum Gasteiger partial charge on any atom is 0.332 e. The molecule has 0 bridgehead atoms. The quantitative estimate of drug-likeness (QED) is 0.350. The van der Waals surface area contributed by atoms with Crippen LogP contribution < -0.4 is 16.6 Å². The van der Waals surface area contributed by atoms with Crippen LogP contribution in [0.1, 0.15) is 33.5 Å². The van der Waals surface area contributed by atoms with Gasteiger partial charge in [-0.15, -0.1) is 0 Å². The first kappa shape index (κ1) is 24.5. The third-order valence-electron chi connectivity index (χ3n) is 4.89. The highest BCUT2D eigenvalue weighted by Gasteiger charge is 2.26. The summed E-state index contributed by atoms with van der Waals surface area (Å²) in [6.45, 7) is 7.03. The number of nitrogens with one attached hydrogen (secondary N) is 1. The number of amides is 1. The van der Waals surface area contributed by atoms with Crippen molar-refractivity contribution >= 4 is 34.4 Å². The van der Waals surface area contributed by atoms with Gasteiger partial charge in [-0.3, -0.25) is 18.7 Å². The van der Waals surface area contributed by atoms with Gasteiger partial charge in [0.25, 0.3) is 5.56 Å². The largest absolute Gasteiger partial charge is 0.332 e. The van der Waals surface area contributed by atoms with Crippen molar-refractivity contribution in [2.24, 2.45) is 14.1 Å². The number of carbonyl (C=O) groups is 1. The van der Waals surface area contributed by atoms with Crippen LogP contribution in [0.4, 0.5) is 18.9 Å². The number of carbonyl (C=O) groups excluding carboxylic acids is 1. The van der Waals surface area contributed by atoms with E-state index in [2.05, 4.69) is 15.3 Å². The van der Waals surface area contributed by atoms with Gasteiger partial charge in [-0.05, 0) is 19.1 Å². The third-order valence-corrected chi connectivity index (χ3v) is 5.97. The van der Waals surface area contributed by atoms with Gasteiger partial charge in [-0.1, -0.05) is 32.5 Å². The van der Waals surface area contributed by atoms with E-state index in [9.17, 15) is 27.6 Å². The highest BCUT2D eigenvalue weighted by molar-refractivity contribution is 8.00. The molecule has 0 aliphatic rings. The van der Waals surface area contributed by atoms with Crippen LogP contribution in [0, 0.1) is 17.5 Å². The first-order valence-corrected chi connectivity index (χ1v) is 10.7. The predicted octanol–water partition coefficient (Wildman–Crippen LogP) is 2.86. The molecule has 0 unspecified atom stereocenters. The lowest BCUT2D eigenvalue weighted by Gasteiger charge is -2.20. The van der Waals surface area contributed by atoms with Crippen molar-refractivity contribution in [3.8, 4) is 0 Å². The van der Waals surface area contributed by atoms with E-state index in [1.807, 2.05) is 20.8 Å². The maximum absolute atomic E-state index is 14.0. The molecule has 2 heterocycles. The summed E-state index contributed by atoms with van der Waals surface area (Å²) in [5.41, 5.74) is -2.14. The molecule has 0 radical (unpaired) electrons. The first-order valence-electron chi connectivity index (χ1n) is 9.83. The molecule has 1 N–H and O–H groups in total.